The largest absolute Gasteiger partial charge is 0.465 e. The van der Waals surface area contributed by atoms with Gasteiger partial charge in [0, 0.05) is 4.47 Å². The fraction of sp³-hybridized carbons (Fsp3) is 0.188. The van der Waals surface area contributed by atoms with Crippen LogP contribution in [0.1, 0.15) is 6.92 Å². The van der Waals surface area contributed by atoms with Gasteiger partial charge in [0.25, 0.3) is 10.0 Å². The Kier molecular flexibility index (Phi) is 5.79. The van der Waals surface area contributed by atoms with Gasteiger partial charge in [0.2, 0.25) is 0 Å². The zero-order valence-corrected chi connectivity index (χ0v) is 14.9. The fourth-order valence-corrected chi connectivity index (χ4v) is 3.66. The van der Waals surface area contributed by atoms with Gasteiger partial charge in [-0.1, -0.05) is 34.1 Å². The monoisotopic (exact) mass is 397 g/mol. The molecule has 0 atom stereocenters. The Bertz CT molecular complexity index is 760. The molecule has 122 valence electrons. The zero-order valence-electron chi connectivity index (χ0n) is 12.5. The van der Waals surface area contributed by atoms with Crippen LogP contribution in [-0.2, 0) is 19.6 Å². The smallest absolute Gasteiger partial charge is 0.326 e. The van der Waals surface area contributed by atoms with Crippen molar-refractivity contribution in [2.24, 2.45) is 0 Å². The molecule has 0 amide bonds. The highest BCUT2D eigenvalue weighted by molar-refractivity contribution is 9.10. The number of ether oxygens (including phenoxy) is 1. The molecular weight excluding hydrogens is 382 g/mol. The van der Waals surface area contributed by atoms with Gasteiger partial charge in [-0.25, -0.2) is 8.42 Å². The van der Waals surface area contributed by atoms with Crippen LogP contribution in [0, 0.1) is 0 Å². The first-order valence-corrected chi connectivity index (χ1v) is 9.17. The number of sulfonamides is 1. The van der Waals surface area contributed by atoms with Gasteiger partial charge in [0.1, 0.15) is 6.54 Å². The summed E-state index contributed by atoms with van der Waals surface area (Å²) in [6, 6.07) is 14.7. The van der Waals surface area contributed by atoms with E-state index in [1.807, 2.05) is 0 Å². The number of hydrogen-bond acceptors (Lipinski definition) is 4. The molecule has 0 saturated heterocycles. The number of carbonyl (C=O) groups is 1. The van der Waals surface area contributed by atoms with Crippen LogP contribution in [0.15, 0.2) is 64.0 Å². The number of hydrogen-bond donors (Lipinski definition) is 0. The maximum Gasteiger partial charge on any atom is 0.326 e. The number of halogens is 1. The van der Waals surface area contributed by atoms with Crippen molar-refractivity contribution in [2.45, 2.75) is 11.8 Å². The lowest BCUT2D eigenvalue weighted by molar-refractivity contribution is -0.141. The quantitative estimate of drug-likeness (QED) is 0.701. The van der Waals surface area contributed by atoms with E-state index in [0.717, 1.165) is 8.78 Å². The van der Waals surface area contributed by atoms with Gasteiger partial charge in [0.05, 0.1) is 17.2 Å². The highest BCUT2D eigenvalue weighted by Crippen LogP contribution is 2.25. The predicted octanol–water partition coefficient (Wildman–Crippen LogP) is 3.21. The Labute approximate surface area is 144 Å². The summed E-state index contributed by atoms with van der Waals surface area (Å²) in [6.07, 6.45) is 0. The molecule has 2 aromatic carbocycles. The Hall–Kier alpha value is -1.86. The van der Waals surface area contributed by atoms with E-state index in [9.17, 15) is 13.2 Å². The van der Waals surface area contributed by atoms with Crippen molar-refractivity contribution in [3.05, 3.63) is 59.1 Å². The van der Waals surface area contributed by atoms with Crippen LogP contribution < -0.4 is 4.31 Å². The average molecular weight is 398 g/mol. The van der Waals surface area contributed by atoms with Crippen molar-refractivity contribution in [3.8, 4) is 0 Å². The second-order valence-electron chi connectivity index (χ2n) is 4.61. The van der Waals surface area contributed by atoms with Crippen molar-refractivity contribution >= 4 is 37.6 Å². The van der Waals surface area contributed by atoms with Crippen LogP contribution in [-0.4, -0.2) is 27.5 Å². The normalized spacial score (nSPS) is 11.0. The van der Waals surface area contributed by atoms with Crippen molar-refractivity contribution in [3.63, 3.8) is 0 Å². The van der Waals surface area contributed by atoms with E-state index in [2.05, 4.69) is 15.9 Å². The molecule has 2 rings (SSSR count). The summed E-state index contributed by atoms with van der Waals surface area (Å²) in [5.74, 6) is -0.602. The highest BCUT2D eigenvalue weighted by atomic mass is 79.9. The summed E-state index contributed by atoms with van der Waals surface area (Å²) < 4.78 is 32.5. The Morgan fingerprint density at radius 2 is 1.70 bits per heavy atom. The lowest BCUT2D eigenvalue weighted by atomic mass is 10.3. The molecule has 23 heavy (non-hydrogen) atoms. The van der Waals surface area contributed by atoms with Crippen LogP contribution in [0.4, 0.5) is 5.69 Å². The summed E-state index contributed by atoms with van der Waals surface area (Å²) in [4.78, 5) is 12.0. The zero-order chi connectivity index (χ0) is 16.9. The minimum absolute atomic E-state index is 0.118. The number of anilines is 1. The molecular formula is C16H16BrNO4S. The molecule has 0 heterocycles. The van der Waals surface area contributed by atoms with Crippen molar-refractivity contribution in [2.75, 3.05) is 17.5 Å². The summed E-state index contributed by atoms with van der Waals surface area (Å²) >= 11 is 3.31. The lowest BCUT2D eigenvalue weighted by Crippen LogP contribution is -2.36. The molecule has 0 aromatic heterocycles. The maximum absolute atomic E-state index is 12.9. The van der Waals surface area contributed by atoms with Gasteiger partial charge >= 0.3 is 5.97 Å². The third-order valence-corrected chi connectivity index (χ3v) is 5.34. The Morgan fingerprint density at radius 3 is 2.26 bits per heavy atom. The Morgan fingerprint density at radius 1 is 1.09 bits per heavy atom. The fourth-order valence-electron chi connectivity index (χ4n) is 1.97. The average Bonchev–Trinajstić information content (AvgIpc) is 2.55. The number of esters is 1. The summed E-state index contributed by atoms with van der Waals surface area (Å²) in [5.41, 5.74) is 0.394. The van der Waals surface area contributed by atoms with E-state index in [1.54, 1.807) is 49.4 Å². The van der Waals surface area contributed by atoms with E-state index in [0.29, 0.717) is 5.69 Å². The first kappa shape index (κ1) is 17.5. The summed E-state index contributed by atoms with van der Waals surface area (Å²) in [5, 5.41) is 0. The van der Waals surface area contributed by atoms with Crippen LogP contribution in [0.5, 0.6) is 0 Å². The van der Waals surface area contributed by atoms with E-state index in [4.69, 9.17) is 4.74 Å². The van der Waals surface area contributed by atoms with Crippen molar-refractivity contribution in [1.82, 2.24) is 0 Å². The molecule has 0 unspecified atom stereocenters. The summed E-state index contributed by atoms with van der Waals surface area (Å²) in [7, 11) is -3.86. The van der Waals surface area contributed by atoms with Crippen LogP contribution in [0.3, 0.4) is 0 Å². The first-order valence-electron chi connectivity index (χ1n) is 6.94. The first-order chi connectivity index (χ1) is 10.9. The number of nitrogens with zero attached hydrogens (tertiary/aromatic N) is 1. The maximum atomic E-state index is 12.9. The topological polar surface area (TPSA) is 63.7 Å². The van der Waals surface area contributed by atoms with Gasteiger partial charge in [0.15, 0.2) is 0 Å². The van der Waals surface area contributed by atoms with Crippen molar-refractivity contribution < 1.29 is 17.9 Å². The third kappa shape index (κ3) is 4.33. The van der Waals surface area contributed by atoms with E-state index >= 15 is 0 Å². The van der Waals surface area contributed by atoms with Crippen LogP contribution >= 0.6 is 15.9 Å². The molecule has 2 aromatic rings. The van der Waals surface area contributed by atoms with E-state index in [1.165, 1.54) is 12.1 Å². The molecule has 7 heteroatoms. The second kappa shape index (κ2) is 7.61. The van der Waals surface area contributed by atoms with Gasteiger partial charge in [-0.3, -0.25) is 9.10 Å². The van der Waals surface area contributed by atoms with Gasteiger partial charge in [-0.15, -0.1) is 0 Å². The molecule has 0 radical (unpaired) electrons. The minimum atomic E-state index is -3.86. The van der Waals surface area contributed by atoms with Crippen molar-refractivity contribution in [1.29, 1.82) is 0 Å². The SMILES string of the molecule is CCOC(=O)CN(c1ccc(Br)cc1)S(=O)(=O)c1ccccc1. The lowest BCUT2D eigenvalue weighted by Gasteiger charge is -2.23. The molecule has 0 saturated carbocycles. The minimum Gasteiger partial charge on any atom is -0.465 e. The number of rotatable bonds is 6. The van der Waals surface area contributed by atoms with Crippen LogP contribution in [0.25, 0.3) is 0 Å². The van der Waals surface area contributed by atoms with E-state index in [-0.39, 0.29) is 18.0 Å². The molecule has 0 spiro atoms. The predicted molar refractivity (Wildman–Crippen MR) is 91.7 cm³/mol. The van der Waals surface area contributed by atoms with E-state index < -0.39 is 16.0 Å². The summed E-state index contributed by atoms with van der Waals surface area (Å²) in [6.45, 7) is 1.48. The third-order valence-electron chi connectivity index (χ3n) is 3.02. The molecule has 0 aliphatic carbocycles. The van der Waals surface area contributed by atoms with Gasteiger partial charge in [-0.05, 0) is 43.3 Å². The van der Waals surface area contributed by atoms with Gasteiger partial charge < -0.3 is 4.74 Å². The van der Waals surface area contributed by atoms with Gasteiger partial charge in [-0.2, -0.15) is 0 Å². The Balaban J connectivity index is 2.44. The molecule has 5 nitrogen and oxygen atoms in total. The number of benzene rings is 2. The standard InChI is InChI=1S/C16H16BrNO4S/c1-2-22-16(19)12-18(14-10-8-13(17)9-11-14)23(20,21)15-6-4-3-5-7-15/h3-11H,2,12H2,1H3. The molecule has 0 N–H and O–H groups in total. The molecule has 0 bridgehead atoms. The molecule has 0 fully saturated rings. The number of carbonyl (C=O) groups excluding carboxylic acids is 1. The highest BCUT2D eigenvalue weighted by Gasteiger charge is 2.27. The van der Waals surface area contributed by atoms with Crippen LogP contribution in [0.2, 0.25) is 0 Å². The molecule has 0 aliphatic heterocycles. The molecule has 0 aliphatic rings. The second-order valence-corrected chi connectivity index (χ2v) is 7.38.